The van der Waals surface area contributed by atoms with Gasteiger partial charge in [0.05, 0.1) is 36.8 Å². The Morgan fingerprint density at radius 3 is 2.75 bits per heavy atom. The van der Waals surface area contributed by atoms with E-state index in [-0.39, 0.29) is 18.7 Å². The Balaban J connectivity index is 2.21. The largest absolute Gasteiger partial charge is 0.478 e. The number of aryl methyl sites for hydroxylation is 1. The number of aromatic carboxylic acids is 1. The summed E-state index contributed by atoms with van der Waals surface area (Å²) in [5.74, 6) is -1.51. The Bertz CT molecular complexity index is 644. The van der Waals surface area contributed by atoms with E-state index in [0.717, 1.165) is 0 Å². The normalized spacial score (nSPS) is 10.5. The quantitative estimate of drug-likeness (QED) is 0.801. The van der Waals surface area contributed by atoms with Gasteiger partial charge in [-0.1, -0.05) is 0 Å². The predicted molar refractivity (Wildman–Crippen MR) is 67.5 cm³/mol. The Morgan fingerprint density at radius 1 is 1.35 bits per heavy atom. The first-order valence-electron chi connectivity index (χ1n) is 5.96. The van der Waals surface area contributed by atoms with Gasteiger partial charge in [-0.3, -0.25) is 9.36 Å². The second-order valence-electron chi connectivity index (χ2n) is 4.08. The fraction of sp³-hybridized carbons (Fsp3) is 0.333. The number of rotatable bonds is 5. The molecule has 0 saturated heterocycles. The topological polar surface area (TPSA) is 99.2 Å². The molecule has 2 aromatic rings. The molecule has 8 nitrogen and oxygen atoms in total. The number of ether oxygens (including phenoxy) is 1. The lowest BCUT2D eigenvalue weighted by Crippen LogP contribution is -2.10. The van der Waals surface area contributed by atoms with E-state index in [9.17, 15) is 9.59 Å². The van der Waals surface area contributed by atoms with Gasteiger partial charge in [-0.25, -0.2) is 9.59 Å². The molecule has 8 heteroatoms. The molecule has 2 aromatic heterocycles. The fourth-order valence-corrected chi connectivity index (χ4v) is 1.75. The van der Waals surface area contributed by atoms with E-state index in [1.165, 1.54) is 28.0 Å². The molecule has 0 aliphatic heterocycles. The van der Waals surface area contributed by atoms with Crippen molar-refractivity contribution >= 4 is 11.9 Å². The predicted octanol–water partition coefficient (Wildman–Crippen LogP) is 0.540. The summed E-state index contributed by atoms with van der Waals surface area (Å²) in [5.41, 5.74) is 0.933. The van der Waals surface area contributed by atoms with Crippen molar-refractivity contribution in [1.82, 2.24) is 19.6 Å². The number of hydrogen-bond acceptors (Lipinski definition) is 5. The first kappa shape index (κ1) is 13.8. The number of carbonyl (C=O) groups is 2. The van der Waals surface area contributed by atoms with Gasteiger partial charge < -0.3 is 9.84 Å². The van der Waals surface area contributed by atoms with Gasteiger partial charge in [0.2, 0.25) is 0 Å². The van der Waals surface area contributed by atoms with Crippen molar-refractivity contribution in [1.29, 1.82) is 0 Å². The van der Waals surface area contributed by atoms with E-state index in [1.807, 2.05) is 0 Å². The summed E-state index contributed by atoms with van der Waals surface area (Å²) in [6.07, 6.45) is 4.18. The fourth-order valence-electron chi connectivity index (χ4n) is 1.75. The average Bonchev–Trinajstić information content (AvgIpc) is 2.99. The number of carboxylic acids is 1. The molecular formula is C12H14N4O4. The summed E-state index contributed by atoms with van der Waals surface area (Å²) in [6, 6.07) is 0. The molecule has 0 atom stereocenters. The van der Waals surface area contributed by atoms with Gasteiger partial charge in [-0.05, 0) is 6.92 Å². The maximum absolute atomic E-state index is 11.5. The number of aromatic nitrogens is 4. The third-order valence-corrected chi connectivity index (χ3v) is 2.75. The number of nitrogens with zero attached hydrogens (tertiary/aromatic N) is 4. The van der Waals surface area contributed by atoms with Crippen LogP contribution in [0.15, 0.2) is 18.6 Å². The second-order valence-corrected chi connectivity index (χ2v) is 4.08. The minimum Gasteiger partial charge on any atom is -0.478 e. The van der Waals surface area contributed by atoms with E-state index in [1.54, 1.807) is 14.0 Å². The van der Waals surface area contributed by atoms with Crippen LogP contribution >= 0.6 is 0 Å². The van der Waals surface area contributed by atoms with Crippen LogP contribution in [0, 0.1) is 0 Å². The van der Waals surface area contributed by atoms with Crippen molar-refractivity contribution < 1.29 is 19.4 Å². The van der Waals surface area contributed by atoms with Crippen molar-refractivity contribution in [3.63, 3.8) is 0 Å². The molecule has 106 valence electrons. The lowest BCUT2D eigenvalue weighted by atomic mass is 10.2. The molecule has 0 aliphatic rings. The zero-order chi connectivity index (χ0) is 14.7. The van der Waals surface area contributed by atoms with E-state index < -0.39 is 11.9 Å². The number of hydrogen-bond donors (Lipinski definition) is 1. The molecular weight excluding hydrogens is 264 g/mol. The number of carbonyl (C=O) groups excluding carboxylic acids is 1. The molecule has 2 rings (SSSR count). The lowest BCUT2D eigenvalue weighted by Gasteiger charge is -2.04. The molecule has 0 amide bonds. The zero-order valence-electron chi connectivity index (χ0n) is 11.1. The van der Waals surface area contributed by atoms with Crippen molar-refractivity contribution in [2.24, 2.45) is 7.05 Å². The molecule has 1 N–H and O–H groups in total. The lowest BCUT2D eigenvalue weighted by molar-refractivity contribution is 0.0525. The summed E-state index contributed by atoms with van der Waals surface area (Å²) < 4.78 is 7.79. The van der Waals surface area contributed by atoms with Crippen LogP contribution in [0.4, 0.5) is 0 Å². The van der Waals surface area contributed by atoms with Crippen LogP contribution in [-0.4, -0.2) is 43.2 Å². The monoisotopic (exact) mass is 278 g/mol. The first-order chi connectivity index (χ1) is 9.52. The van der Waals surface area contributed by atoms with Crippen LogP contribution in [0.25, 0.3) is 0 Å². The van der Waals surface area contributed by atoms with Crippen molar-refractivity contribution in [3.05, 3.63) is 35.4 Å². The molecule has 0 saturated carbocycles. The smallest absolute Gasteiger partial charge is 0.341 e. The van der Waals surface area contributed by atoms with E-state index >= 15 is 0 Å². The first-order valence-corrected chi connectivity index (χ1v) is 5.96. The van der Waals surface area contributed by atoms with Crippen LogP contribution < -0.4 is 0 Å². The highest BCUT2D eigenvalue weighted by molar-refractivity contribution is 5.89. The maximum Gasteiger partial charge on any atom is 0.341 e. The Labute approximate surface area is 114 Å². The summed E-state index contributed by atoms with van der Waals surface area (Å²) in [6.45, 7) is 2.21. The molecule has 0 spiro atoms. The molecule has 20 heavy (non-hydrogen) atoms. The van der Waals surface area contributed by atoms with Gasteiger partial charge in [0.1, 0.15) is 5.56 Å². The Hall–Kier alpha value is -2.64. The molecule has 0 aromatic carbocycles. The van der Waals surface area contributed by atoms with Gasteiger partial charge in [-0.15, -0.1) is 0 Å². The highest BCUT2D eigenvalue weighted by atomic mass is 16.5. The van der Waals surface area contributed by atoms with Crippen molar-refractivity contribution in [3.8, 4) is 0 Å². The molecule has 0 aliphatic carbocycles. The van der Waals surface area contributed by atoms with Crippen LogP contribution in [0.1, 0.15) is 33.3 Å². The summed E-state index contributed by atoms with van der Waals surface area (Å²) >= 11 is 0. The third kappa shape index (κ3) is 2.68. The van der Waals surface area contributed by atoms with Crippen molar-refractivity contribution in [2.75, 3.05) is 6.61 Å². The van der Waals surface area contributed by atoms with Gasteiger partial charge >= 0.3 is 11.9 Å². The minimum atomic E-state index is -1.05. The minimum absolute atomic E-state index is 0.112. The van der Waals surface area contributed by atoms with Gasteiger partial charge in [0.15, 0.2) is 0 Å². The SMILES string of the molecule is CCOC(=O)c1cnn(Cc2c(C(=O)O)cnn2C)c1. The molecule has 2 heterocycles. The zero-order valence-corrected chi connectivity index (χ0v) is 11.1. The van der Waals surface area contributed by atoms with E-state index in [4.69, 9.17) is 9.84 Å². The number of esters is 1. The van der Waals surface area contributed by atoms with Gasteiger partial charge in [-0.2, -0.15) is 10.2 Å². The second kappa shape index (κ2) is 5.55. The van der Waals surface area contributed by atoms with Crippen LogP contribution in [0.5, 0.6) is 0 Å². The molecule has 0 radical (unpaired) electrons. The molecule has 0 bridgehead atoms. The average molecular weight is 278 g/mol. The van der Waals surface area contributed by atoms with Gasteiger partial charge in [0.25, 0.3) is 0 Å². The summed E-state index contributed by atoms with van der Waals surface area (Å²) in [7, 11) is 1.65. The van der Waals surface area contributed by atoms with E-state index in [2.05, 4.69) is 10.2 Å². The summed E-state index contributed by atoms with van der Waals surface area (Å²) in [5, 5.41) is 17.0. The molecule has 0 fully saturated rings. The standard InChI is InChI=1S/C12H14N4O4/c1-3-20-12(19)8-4-14-16(6-8)7-10-9(11(17)18)5-13-15(10)2/h4-6H,3,7H2,1-2H3,(H,17,18). The highest BCUT2D eigenvalue weighted by Crippen LogP contribution is 2.10. The Kier molecular flexibility index (Phi) is 3.83. The van der Waals surface area contributed by atoms with Crippen LogP contribution in [-0.2, 0) is 18.3 Å². The third-order valence-electron chi connectivity index (χ3n) is 2.75. The van der Waals surface area contributed by atoms with Crippen LogP contribution in [0.3, 0.4) is 0 Å². The van der Waals surface area contributed by atoms with E-state index in [0.29, 0.717) is 11.3 Å². The van der Waals surface area contributed by atoms with Gasteiger partial charge in [0, 0.05) is 13.2 Å². The van der Waals surface area contributed by atoms with Crippen LogP contribution in [0.2, 0.25) is 0 Å². The van der Waals surface area contributed by atoms with Crippen molar-refractivity contribution in [2.45, 2.75) is 13.5 Å². The molecule has 0 unspecified atom stereocenters. The highest BCUT2D eigenvalue weighted by Gasteiger charge is 2.16. The Morgan fingerprint density at radius 2 is 2.10 bits per heavy atom. The number of carboxylic acid groups (broad SMARTS) is 1. The maximum atomic E-state index is 11.5. The summed E-state index contributed by atoms with van der Waals surface area (Å²) in [4.78, 5) is 22.6.